The number of aliphatic hydroxyl groups excluding tert-OH is 1. The Labute approximate surface area is 47.4 Å². The molecule has 0 spiro atoms. The van der Waals surface area contributed by atoms with Gasteiger partial charge in [0.05, 0.1) is 12.1 Å². The molecule has 0 aromatic rings. The van der Waals surface area contributed by atoms with Crippen LogP contribution in [0.25, 0.3) is 0 Å². The van der Waals surface area contributed by atoms with Crippen LogP contribution in [0.4, 0.5) is 0 Å². The number of hydrogen-bond acceptors (Lipinski definition) is 2. The highest BCUT2D eigenvalue weighted by Gasteiger charge is 1.83. The Bertz CT molecular complexity index is 70.1. The van der Waals surface area contributed by atoms with Crippen LogP contribution in [-0.4, -0.2) is 11.7 Å². The highest BCUT2D eigenvalue weighted by Crippen LogP contribution is 1.91. The van der Waals surface area contributed by atoms with Crippen molar-refractivity contribution in [2.75, 3.05) is 6.61 Å². The predicted octanol–water partition coefficient (Wildman–Crippen LogP) is 1.62. The minimum atomic E-state index is -0.232. The maximum Gasteiger partial charge on any atom is 0.288 e. The molecule has 0 unspecified atom stereocenters. The van der Waals surface area contributed by atoms with Gasteiger partial charge in [0.15, 0.2) is 0 Å². The molecule has 0 aliphatic carbocycles. The third-order valence-electron chi connectivity index (χ3n) is 0.386. The van der Waals surface area contributed by atoms with Crippen molar-refractivity contribution < 1.29 is 9.84 Å². The molecule has 3 heteroatoms. The fourth-order valence-electron chi connectivity index (χ4n) is 0.179. The zero-order valence-corrected chi connectivity index (χ0v) is 4.77. The van der Waals surface area contributed by atoms with Gasteiger partial charge < -0.3 is 9.84 Å². The number of rotatable bonds is 2. The van der Waals surface area contributed by atoms with Gasteiger partial charge in [-0.1, -0.05) is 11.6 Å². The Balaban J connectivity index is 3.17. The van der Waals surface area contributed by atoms with E-state index in [1.165, 1.54) is 0 Å². The second kappa shape index (κ2) is 3.81. The number of aliphatic hydroxyl groups is 1. The molecular formula is C4H7ClO2. The Morgan fingerprint density at radius 3 is 2.71 bits per heavy atom. The van der Waals surface area contributed by atoms with Crippen LogP contribution in [0.3, 0.4) is 0 Å². The maximum absolute atomic E-state index is 8.36. The van der Waals surface area contributed by atoms with Gasteiger partial charge in [-0.2, -0.15) is 0 Å². The zero-order valence-electron chi connectivity index (χ0n) is 4.02. The van der Waals surface area contributed by atoms with Crippen LogP contribution in [-0.2, 0) is 4.74 Å². The number of halogens is 1. The van der Waals surface area contributed by atoms with Gasteiger partial charge in [0.25, 0.3) is 5.95 Å². The summed E-state index contributed by atoms with van der Waals surface area (Å²) in [5.41, 5.74) is 0.976. The summed E-state index contributed by atoms with van der Waals surface area (Å²) in [6, 6.07) is 0. The van der Waals surface area contributed by atoms with E-state index >= 15 is 0 Å². The van der Waals surface area contributed by atoms with Crippen LogP contribution < -0.4 is 0 Å². The summed E-state index contributed by atoms with van der Waals surface area (Å²) in [5, 5.41) is 8.36. The van der Waals surface area contributed by atoms with Crippen LogP contribution >= 0.6 is 11.6 Å². The molecule has 0 aliphatic rings. The van der Waals surface area contributed by atoms with Crippen molar-refractivity contribution in [1.29, 1.82) is 0 Å². The molecule has 0 amide bonds. The highest BCUT2D eigenvalue weighted by molar-refractivity contribution is 6.25. The Hall–Kier alpha value is -0.370. The summed E-state index contributed by atoms with van der Waals surface area (Å²) in [4.78, 5) is 0. The van der Waals surface area contributed by atoms with Crippen molar-refractivity contribution in [3.05, 3.63) is 11.5 Å². The molecule has 0 rings (SSSR count). The molecule has 0 aromatic carbocycles. The Kier molecular flexibility index (Phi) is 3.61. The first-order valence-electron chi connectivity index (χ1n) is 1.93. The summed E-state index contributed by atoms with van der Waals surface area (Å²) in [6.45, 7) is 2.20. The smallest absolute Gasteiger partial charge is 0.288 e. The third kappa shape index (κ3) is 3.46. The van der Waals surface area contributed by atoms with Crippen LogP contribution in [0.15, 0.2) is 11.5 Å². The lowest BCUT2D eigenvalue weighted by Crippen LogP contribution is -1.86. The van der Waals surface area contributed by atoms with Gasteiger partial charge in [-0.25, -0.2) is 0 Å². The molecule has 0 bridgehead atoms. The van der Waals surface area contributed by atoms with Gasteiger partial charge in [-0.3, -0.25) is 0 Å². The van der Waals surface area contributed by atoms with Gasteiger partial charge >= 0.3 is 0 Å². The van der Waals surface area contributed by atoms with E-state index in [-0.39, 0.29) is 5.95 Å². The van der Waals surface area contributed by atoms with Crippen LogP contribution in [0.2, 0.25) is 0 Å². The molecule has 7 heavy (non-hydrogen) atoms. The van der Waals surface area contributed by atoms with E-state index < -0.39 is 0 Å². The molecule has 0 atom stereocenters. The molecule has 0 radical (unpaired) electrons. The van der Waals surface area contributed by atoms with Crippen molar-refractivity contribution in [3.8, 4) is 0 Å². The Morgan fingerprint density at radius 2 is 2.57 bits per heavy atom. The topological polar surface area (TPSA) is 29.5 Å². The van der Waals surface area contributed by atoms with Crippen molar-refractivity contribution in [2.24, 2.45) is 0 Å². The largest absolute Gasteiger partial charge is 0.480 e. The molecule has 0 heterocycles. The lowest BCUT2D eigenvalue weighted by molar-refractivity contribution is 0.103. The maximum atomic E-state index is 8.36. The van der Waals surface area contributed by atoms with E-state index in [9.17, 15) is 0 Å². The van der Waals surface area contributed by atoms with E-state index in [0.29, 0.717) is 6.61 Å². The molecule has 42 valence electrons. The quantitative estimate of drug-likeness (QED) is 0.564. The SMILES string of the molecule is CCO/C(O)=C/Cl. The first-order chi connectivity index (χ1) is 3.31. The standard InChI is InChI=1S/C4H7ClO2/c1-2-7-4(6)3-5/h3,6H,2H2,1H3/b4-3+. The van der Waals surface area contributed by atoms with Crippen LogP contribution in [0.1, 0.15) is 6.92 Å². The summed E-state index contributed by atoms with van der Waals surface area (Å²) < 4.78 is 4.48. The first kappa shape index (κ1) is 6.63. The summed E-state index contributed by atoms with van der Waals surface area (Å²) in [6.07, 6.45) is 0. The van der Waals surface area contributed by atoms with Gasteiger partial charge in [0, 0.05) is 0 Å². The molecular weight excluding hydrogens is 115 g/mol. The lowest BCUT2D eigenvalue weighted by Gasteiger charge is -1.95. The third-order valence-corrected chi connectivity index (χ3v) is 0.572. The average Bonchev–Trinajstić information content (AvgIpc) is 1.68. The fourth-order valence-corrected chi connectivity index (χ4v) is 0.242. The normalized spacial score (nSPS) is 11.4. The second-order valence-corrected chi connectivity index (χ2v) is 1.10. The van der Waals surface area contributed by atoms with Gasteiger partial charge in [0.2, 0.25) is 0 Å². The van der Waals surface area contributed by atoms with Crippen molar-refractivity contribution in [3.63, 3.8) is 0 Å². The van der Waals surface area contributed by atoms with Crippen molar-refractivity contribution in [2.45, 2.75) is 6.92 Å². The van der Waals surface area contributed by atoms with E-state index in [4.69, 9.17) is 16.7 Å². The summed E-state index contributed by atoms with van der Waals surface area (Å²) in [5.74, 6) is -0.232. The monoisotopic (exact) mass is 122 g/mol. The highest BCUT2D eigenvalue weighted by atomic mass is 35.5. The molecule has 0 fully saturated rings. The predicted molar refractivity (Wildman–Crippen MR) is 28.2 cm³/mol. The first-order valence-corrected chi connectivity index (χ1v) is 2.37. The Morgan fingerprint density at radius 1 is 2.00 bits per heavy atom. The van der Waals surface area contributed by atoms with Crippen LogP contribution in [0.5, 0.6) is 0 Å². The van der Waals surface area contributed by atoms with Crippen molar-refractivity contribution >= 4 is 11.6 Å². The van der Waals surface area contributed by atoms with Crippen LogP contribution in [0, 0.1) is 0 Å². The molecule has 2 nitrogen and oxygen atoms in total. The van der Waals surface area contributed by atoms with E-state index in [1.807, 2.05) is 0 Å². The minimum Gasteiger partial charge on any atom is -0.480 e. The van der Waals surface area contributed by atoms with E-state index in [2.05, 4.69) is 4.74 Å². The fraction of sp³-hybridized carbons (Fsp3) is 0.500. The number of ether oxygens (including phenoxy) is 1. The van der Waals surface area contributed by atoms with Crippen molar-refractivity contribution in [1.82, 2.24) is 0 Å². The zero-order chi connectivity index (χ0) is 5.70. The van der Waals surface area contributed by atoms with Gasteiger partial charge in [-0.05, 0) is 6.92 Å². The molecule has 0 aromatic heterocycles. The molecule has 0 saturated heterocycles. The molecule has 0 saturated carbocycles. The molecule has 0 aliphatic heterocycles. The summed E-state index contributed by atoms with van der Waals surface area (Å²) in [7, 11) is 0. The minimum absolute atomic E-state index is 0.232. The summed E-state index contributed by atoms with van der Waals surface area (Å²) >= 11 is 4.99. The second-order valence-electron chi connectivity index (χ2n) is 0.880. The lowest BCUT2D eigenvalue weighted by atomic mass is 10.8. The number of hydrogen-bond donors (Lipinski definition) is 1. The van der Waals surface area contributed by atoms with E-state index in [0.717, 1.165) is 5.54 Å². The van der Waals surface area contributed by atoms with Gasteiger partial charge in [-0.15, -0.1) is 0 Å². The van der Waals surface area contributed by atoms with E-state index in [1.54, 1.807) is 6.92 Å². The average molecular weight is 123 g/mol. The molecule has 1 N–H and O–H groups in total. The van der Waals surface area contributed by atoms with Gasteiger partial charge in [0.1, 0.15) is 0 Å².